The van der Waals surface area contributed by atoms with Gasteiger partial charge in [-0.3, -0.25) is 4.79 Å². The molecule has 1 amide bonds. The molecule has 126 valence electrons. The van der Waals surface area contributed by atoms with Crippen molar-refractivity contribution in [1.82, 2.24) is 0 Å². The number of methoxy groups -OCH3 is 1. The van der Waals surface area contributed by atoms with Gasteiger partial charge in [-0.15, -0.1) is 0 Å². The molecule has 0 saturated heterocycles. The molecular formula is C18H20N2O4. The Labute approximate surface area is 140 Å². The normalized spacial score (nSPS) is 9.92. The fourth-order valence-electron chi connectivity index (χ4n) is 2.08. The smallest absolute Gasteiger partial charge is 0.340 e. The zero-order valence-corrected chi connectivity index (χ0v) is 13.7. The maximum absolute atomic E-state index is 12.0. The van der Waals surface area contributed by atoms with Crippen molar-refractivity contribution in [3.63, 3.8) is 0 Å². The van der Waals surface area contributed by atoms with Gasteiger partial charge >= 0.3 is 5.97 Å². The van der Waals surface area contributed by atoms with Crippen LogP contribution in [-0.2, 0) is 9.53 Å². The summed E-state index contributed by atoms with van der Waals surface area (Å²) in [5, 5.41) is 5.72. The van der Waals surface area contributed by atoms with Gasteiger partial charge in [0.15, 0.2) is 0 Å². The first kappa shape index (κ1) is 17.3. The number of rotatable bonds is 7. The average molecular weight is 328 g/mol. The first-order valence-electron chi connectivity index (χ1n) is 7.58. The monoisotopic (exact) mass is 328 g/mol. The van der Waals surface area contributed by atoms with Crippen molar-refractivity contribution < 1.29 is 19.1 Å². The summed E-state index contributed by atoms with van der Waals surface area (Å²) in [5.41, 5.74) is 1.62. The SMILES string of the molecule is CCOC(=O)c1ccccc1NCC(=O)Nc1ccc(OC)cc1. The number of hydrogen-bond donors (Lipinski definition) is 2. The molecule has 6 heteroatoms. The van der Waals surface area contributed by atoms with Gasteiger partial charge in [0.05, 0.1) is 25.8 Å². The molecule has 2 aromatic rings. The van der Waals surface area contributed by atoms with Gasteiger partial charge < -0.3 is 20.1 Å². The van der Waals surface area contributed by atoms with E-state index in [2.05, 4.69) is 10.6 Å². The Morgan fingerprint density at radius 2 is 1.75 bits per heavy atom. The summed E-state index contributed by atoms with van der Waals surface area (Å²) in [5.74, 6) is 0.0736. The number of benzene rings is 2. The molecule has 0 fully saturated rings. The molecule has 0 radical (unpaired) electrons. The van der Waals surface area contributed by atoms with Crippen LogP contribution >= 0.6 is 0 Å². The van der Waals surface area contributed by atoms with E-state index in [1.807, 2.05) is 0 Å². The first-order valence-corrected chi connectivity index (χ1v) is 7.58. The molecule has 0 aliphatic carbocycles. The van der Waals surface area contributed by atoms with Gasteiger partial charge in [0.1, 0.15) is 5.75 Å². The lowest BCUT2D eigenvalue weighted by atomic mass is 10.2. The molecule has 0 atom stereocenters. The summed E-state index contributed by atoms with van der Waals surface area (Å²) in [6, 6.07) is 13.9. The van der Waals surface area contributed by atoms with Crippen LogP contribution < -0.4 is 15.4 Å². The summed E-state index contributed by atoms with van der Waals surface area (Å²) in [6.45, 7) is 2.07. The Morgan fingerprint density at radius 1 is 1.04 bits per heavy atom. The van der Waals surface area contributed by atoms with Gasteiger partial charge in [0, 0.05) is 11.4 Å². The van der Waals surface area contributed by atoms with Gasteiger partial charge in [0.25, 0.3) is 0 Å². The van der Waals surface area contributed by atoms with Gasteiger partial charge in [-0.2, -0.15) is 0 Å². The molecule has 0 heterocycles. The number of anilines is 2. The highest BCUT2D eigenvalue weighted by molar-refractivity contribution is 5.98. The van der Waals surface area contributed by atoms with Crippen LogP contribution in [0.3, 0.4) is 0 Å². The number of para-hydroxylation sites is 1. The second-order valence-electron chi connectivity index (χ2n) is 4.90. The molecular weight excluding hydrogens is 308 g/mol. The number of esters is 1. The van der Waals surface area contributed by atoms with Crippen molar-refractivity contribution >= 4 is 23.3 Å². The second kappa shape index (κ2) is 8.57. The third-order valence-corrected chi connectivity index (χ3v) is 3.24. The highest BCUT2D eigenvalue weighted by atomic mass is 16.5. The molecule has 0 unspecified atom stereocenters. The van der Waals surface area contributed by atoms with Crippen molar-refractivity contribution in [3.8, 4) is 5.75 Å². The van der Waals surface area contributed by atoms with Gasteiger partial charge in [-0.25, -0.2) is 4.79 Å². The minimum atomic E-state index is -0.420. The van der Waals surface area contributed by atoms with E-state index in [0.29, 0.717) is 23.5 Å². The van der Waals surface area contributed by atoms with E-state index in [4.69, 9.17) is 9.47 Å². The molecule has 0 aromatic heterocycles. The summed E-state index contributed by atoms with van der Waals surface area (Å²) >= 11 is 0. The van der Waals surface area contributed by atoms with E-state index in [-0.39, 0.29) is 12.5 Å². The second-order valence-corrected chi connectivity index (χ2v) is 4.90. The van der Waals surface area contributed by atoms with E-state index in [1.165, 1.54) is 0 Å². The quantitative estimate of drug-likeness (QED) is 0.764. The minimum absolute atomic E-state index is 0.0302. The molecule has 2 N–H and O–H groups in total. The largest absolute Gasteiger partial charge is 0.497 e. The molecule has 2 aromatic carbocycles. The van der Waals surface area contributed by atoms with E-state index >= 15 is 0 Å². The number of amides is 1. The van der Waals surface area contributed by atoms with Crippen molar-refractivity contribution in [1.29, 1.82) is 0 Å². The molecule has 6 nitrogen and oxygen atoms in total. The van der Waals surface area contributed by atoms with Crippen LogP contribution in [-0.4, -0.2) is 32.1 Å². The summed E-state index contributed by atoms with van der Waals surface area (Å²) in [6.07, 6.45) is 0. The van der Waals surface area contributed by atoms with Crippen LogP contribution in [0.15, 0.2) is 48.5 Å². The number of carbonyl (C=O) groups is 2. The van der Waals surface area contributed by atoms with Crippen LogP contribution in [0.5, 0.6) is 5.75 Å². The fraction of sp³-hybridized carbons (Fsp3) is 0.222. The third-order valence-electron chi connectivity index (χ3n) is 3.24. The maximum Gasteiger partial charge on any atom is 0.340 e. The Hall–Kier alpha value is -3.02. The van der Waals surface area contributed by atoms with Crippen LogP contribution in [0, 0.1) is 0 Å². The number of ether oxygens (including phenoxy) is 2. The molecule has 0 aliphatic rings. The Morgan fingerprint density at radius 3 is 2.42 bits per heavy atom. The van der Waals surface area contributed by atoms with E-state index in [0.717, 1.165) is 5.75 Å². The van der Waals surface area contributed by atoms with Gasteiger partial charge in [-0.05, 0) is 43.3 Å². The van der Waals surface area contributed by atoms with Crippen molar-refractivity contribution in [3.05, 3.63) is 54.1 Å². The fourth-order valence-corrected chi connectivity index (χ4v) is 2.08. The lowest BCUT2D eigenvalue weighted by Crippen LogP contribution is -2.22. The molecule has 0 saturated carbocycles. The number of carbonyl (C=O) groups excluding carboxylic acids is 2. The summed E-state index contributed by atoms with van der Waals surface area (Å²) in [4.78, 5) is 23.9. The van der Waals surface area contributed by atoms with Crippen molar-refractivity contribution in [2.75, 3.05) is 30.9 Å². The zero-order valence-electron chi connectivity index (χ0n) is 13.7. The molecule has 0 spiro atoms. The predicted octanol–water partition coefficient (Wildman–Crippen LogP) is 2.92. The minimum Gasteiger partial charge on any atom is -0.497 e. The highest BCUT2D eigenvalue weighted by Gasteiger charge is 2.12. The molecule has 2 rings (SSSR count). The first-order chi connectivity index (χ1) is 11.6. The van der Waals surface area contributed by atoms with Gasteiger partial charge in [-0.1, -0.05) is 12.1 Å². The lowest BCUT2D eigenvalue weighted by molar-refractivity contribution is -0.114. The van der Waals surface area contributed by atoms with Crippen LogP contribution in [0.4, 0.5) is 11.4 Å². The van der Waals surface area contributed by atoms with E-state index < -0.39 is 5.97 Å². The predicted molar refractivity (Wildman–Crippen MR) is 92.5 cm³/mol. The standard InChI is InChI=1S/C18H20N2O4/c1-3-24-18(22)15-6-4-5-7-16(15)19-12-17(21)20-13-8-10-14(23-2)11-9-13/h4-11,19H,3,12H2,1-2H3,(H,20,21). The van der Waals surface area contributed by atoms with Crippen LogP contribution in [0.25, 0.3) is 0 Å². The summed E-state index contributed by atoms with van der Waals surface area (Å²) < 4.78 is 10.1. The Bertz CT molecular complexity index is 698. The van der Waals surface area contributed by atoms with Gasteiger partial charge in [0.2, 0.25) is 5.91 Å². The maximum atomic E-state index is 12.0. The molecule has 0 bridgehead atoms. The molecule has 0 aliphatic heterocycles. The van der Waals surface area contributed by atoms with Crippen LogP contribution in [0.1, 0.15) is 17.3 Å². The molecule has 24 heavy (non-hydrogen) atoms. The lowest BCUT2D eigenvalue weighted by Gasteiger charge is -2.11. The Balaban J connectivity index is 1.95. The third kappa shape index (κ3) is 4.74. The van der Waals surface area contributed by atoms with Crippen LogP contribution in [0.2, 0.25) is 0 Å². The number of nitrogens with one attached hydrogen (secondary N) is 2. The van der Waals surface area contributed by atoms with Crippen molar-refractivity contribution in [2.45, 2.75) is 6.92 Å². The van der Waals surface area contributed by atoms with E-state index in [1.54, 1.807) is 62.6 Å². The zero-order chi connectivity index (χ0) is 17.4. The van der Waals surface area contributed by atoms with E-state index in [9.17, 15) is 9.59 Å². The van der Waals surface area contributed by atoms with Crippen molar-refractivity contribution in [2.24, 2.45) is 0 Å². The average Bonchev–Trinajstić information content (AvgIpc) is 2.61. The Kier molecular flexibility index (Phi) is 6.19. The summed E-state index contributed by atoms with van der Waals surface area (Å²) in [7, 11) is 1.58. The highest BCUT2D eigenvalue weighted by Crippen LogP contribution is 2.17. The number of hydrogen-bond acceptors (Lipinski definition) is 5. The topological polar surface area (TPSA) is 76.7 Å².